The quantitative estimate of drug-likeness (QED) is 0.333. The number of nitro groups is 1. The second-order valence-electron chi connectivity index (χ2n) is 3.05. The van der Waals surface area contributed by atoms with Crippen LogP contribution in [0.25, 0.3) is 5.57 Å². The van der Waals surface area contributed by atoms with Crippen LogP contribution < -0.4 is 0 Å². The number of aryl methyl sites for hydroxylation is 1. The van der Waals surface area contributed by atoms with Crippen LogP contribution in [0.4, 0.5) is 0 Å². The molecule has 1 aromatic heterocycles. The molecule has 6 heteroatoms. The molecule has 86 valence electrons. The van der Waals surface area contributed by atoms with E-state index in [0.717, 1.165) is 0 Å². The Morgan fingerprint density at radius 3 is 2.81 bits per heavy atom. The van der Waals surface area contributed by atoms with Crippen molar-refractivity contribution in [3.05, 3.63) is 40.3 Å². The van der Waals surface area contributed by atoms with Crippen LogP contribution in [0.5, 0.6) is 0 Å². The number of carbonyl (C=O) groups is 1. The number of nitrogens with zero attached hydrogens (tertiary/aromatic N) is 2. The van der Waals surface area contributed by atoms with Crippen molar-refractivity contribution in [1.29, 1.82) is 0 Å². The summed E-state index contributed by atoms with van der Waals surface area (Å²) in [7, 11) is 1.70. The summed E-state index contributed by atoms with van der Waals surface area (Å²) in [5, 5.41) is 10.4. The van der Waals surface area contributed by atoms with E-state index < -0.39 is 10.9 Å². The van der Waals surface area contributed by atoms with Crippen LogP contribution in [0.15, 0.2) is 24.5 Å². The lowest BCUT2D eigenvalue weighted by Crippen LogP contribution is -2.10. The molecule has 0 aromatic carbocycles. The van der Waals surface area contributed by atoms with Gasteiger partial charge in [0.1, 0.15) is 0 Å². The number of carbonyl (C=O) groups excluding carboxylic acids is 1. The van der Waals surface area contributed by atoms with Gasteiger partial charge in [-0.1, -0.05) is 0 Å². The van der Waals surface area contributed by atoms with Gasteiger partial charge in [0, 0.05) is 13.2 Å². The highest BCUT2D eigenvalue weighted by atomic mass is 16.6. The molecule has 0 spiro atoms. The molecule has 0 fully saturated rings. The lowest BCUT2D eigenvalue weighted by Gasteiger charge is -2.05. The zero-order chi connectivity index (χ0) is 12.1. The molecule has 0 aliphatic rings. The Bertz CT molecular complexity index is 434. The molecule has 0 radical (unpaired) electrons. The van der Waals surface area contributed by atoms with Crippen LogP contribution in [0, 0.1) is 10.1 Å². The minimum Gasteiger partial charge on any atom is -0.462 e. The predicted molar refractivity (Wildman–Crippen MR) is 57.0 cm³/mol. The number of hydrogen-bond acceptors (Lipinski definition) is 4. The van der Waals surface area contributed by atoms with Crippen molar-refractivity contribution < 1.29 is 14.5 Å². The van der Waals surface area contributed by atoms with E-state index in [0.29, 0.717) is 11.9 Å². The molecule has 0 atom stereocenters. The fraction of sp³-hybridized carbons (Fsp3) is 0.300. The van der Waals surface area contributed by atoms with Gasteiger partial charge in [0.2, 0.25) is 0 Å². The van der Waals surface area contributed by atoms with E-state index >= 15 is 0 Å². The molecule has 0 N–H and O–H groups in total. The molecule has 1 rings (SSSR count). The second-order valence-corrected chi connectivity index (χ2v) is 3.05. The first-order valence-electron chi connectivity index (χ1n) is 4.70. The van der Waals surface area contributed by atoms with Crippen LogP contribution in [-0.2, 0) is 16.6 Å². The van der Waals surface area contributed by atoms with Crippen LogP contribution >= 0.6 is 0 Å². The van der Waals surface area contributed by atoms with Crippen molar-refractivity contribution in [2.45, 2.75) is 6.92 Å². The van der Waals surface area contributed by atoms with Crippen molar-refractivity contribution in [3.63, 3.8) is 0 Å². The minimum atomic E-state index is -0.694. The van der Waals surface area contributed by atoms with Gasteiger partial charge >= 0.3 is 5.97 Å². The van der Waals surface area contributed by atoms with Gasteiger partial charge in [0.15, 0.2) is 5.57 Å². The van der Waals surface area contributed by atoms with E-state index in [2.05, 4.69) is 0 Å². The van der Waals surface area contributed by atoms with Crippen LogP contribution in [0.3, 0.4) is 0 Å². The maximum atomic E-state index is 11.5. The van der Waals surface area contributed by atoms with Crippen molar-refractivity contribution in [2.24, 2.45) is 7.05 Å². The molecule has 6 nitrogen and oxygen atoms in total. The number of esters is 1. The molecule has 0 aliphatic carbocycles. The molecule has 1 aromatic rings. The number of hydrogen-bond donors (Lipinski definition) is 0. The molecular weight excluding hydrogens is 212 g/mol. The van der Waals surface area contributed by atoms with E-state index in [9.17, 15) is 14.9 Å². The normalized spacial score (nSPS) is 11.2. The molecule has 0 aliphatic heterocycles. The van der Waals surface area contributed by atoms with Gasteiger partial charge in [-0.2, -0.15) is 0 Å². The molecule has 16 heavy (non-hydrogen) atoms. The lowest BCUT2D eigenvalue weighted by molar-refractivity contribution is -0.401. The Balaban J connectivity index is 3.12. The van der Waals surface area contributed by atoms with Crippen LogP contribution in [0.1, 0.15) is 12.6 Å². The Morgan fingerprint density at radius 2 is 2.38 bits per heavy atom. The topological polar surface area (TPSA) is 74.4 Å². The monoisotopic (exact) mass is 224 g/mol. The second kappa shape index (κ2) is 5.11. The summed E-state index contributed by atoms with van der Waals surface area (Å²) in [6, 6.07) is 3.31. The standard InChI is InChI=1S/C10H12N2O4/c1-3-16-10(13)8(7-12(14)15)9-5-4-6-11(9)2/h4-7H,3H2,1-2H3. The number of rotatable bonds is 4. The third kappa shape index (κ3) is 2.69. The van der Waals surface area contributed by atoms with E-state index in [1.807, 2.05) is 0 Å². The predicted octanol–water partition coefficient (Wildman–Crippen LogP) is 1.21. The molecular formula is C10H12N2O4. The van der Waals surface area contributed by atoms with Crippen LogP contribution in [0.2, 0.25) is 0 Å². The smallest absolute Gasteiger partial charge is 0.346 e. The molecule has 0 amide bonds. The van der Waals surface area contributed by atoms with Gasteiger partial charge in [-0.3, -0.25) is 10.1 Å². The third-order valence-corrected chi connectivity index (χ3v) is 1.95. The largest absolute Gasteiger partial charge is 0.462 e. The third-order valence-electron chi connectivity index (χ3n) is 1.95. The van der Waals surface area contributed by atoms with Crippen molar-refractivity contribution >= 4 is 11.5 Å². The maximum absolute atomic E-state index is 11.5. The van der Waals surface area contributed by atoms with Gasteiger partial charge < -0.3 is 9.30 Å². The van der Waals surface area contributed by atoms with Gasteiger partial charge in [-0.15, -0.1) is 0 Å². The SMILES string of the molecule is CCOC(=O)C(=C[N+](=O)[O-])c1cccn1C. The molecule has 0 unspecified atom stereocenters. The van der Waals surface area contributed by atoms with Gasteiger partial charge in [0.05, 0.1) is 17.2 Å². The average molecular weight is 224 g/mol. The highest BCUT2D eigenvalue weighted by molar-refractivity contribution is 6.15. The van der Waals surface area contributed by atoms with E-state index in [-0.39, 0.29) is 12.2 Å². The van der Waals surface area contributed by atoms with E-state index in [4.69, 9.17) is 4.74 Å². The highest BCUT2D eigenvalue weighted by Gasteiger charge is 2.19. The summed E-state index contributed by atoms with van der Waals surface area (Å²) >= 11 is 0. The summed E-state index contributed by atoms with van der Waals surface area (Å²) in [5.74, 6) is -0.694. The van der Waals surface area contributed by atoms with Gasteiger partial charge in [-0.05, 0) is 19.1 Å². The zero-order valence-corrected chi connectivity index (χ0v) is 9.04. The van der Waals surface area contributed by atoms with Crippen molar-refractivity contribution in [1.82, 2.24) is 4.57 Å². The molecule has 1 heterocycles. The summed E-state index contributed by atoms with van der Waals surface area (Å²) in [6.45, 7) is 1.82. The molecule has 0 bridgehead atoms. The van der Waals surface area contributed by atoms with Crippen molar-refractivity contribution in [3.8, 4) is 0 Å². The first-order valence-corrected chi connectivity index (χ1v) is 4.70. The van der Waals surface area contributed by atoms with Gasteiger partial charge in [-0.25, -0.2) is 4.79 Å². The number of aromatic nitrogens is 1. The number of ether oxygens (including phenoxy) is 1. The highest BCUT2D eigenvalue weighted by Crippen LogP contribution is 2.16. The lowest BCUT2D eigenvalue weighted by atomic mass is 10.2. The Morgan fingerprint density at radius 1 is 1.69 bits per heavy atom. The first-order chi connectivity index (χ1) is 7.56. The fourth-order valence-electron chi connectivity index (χ4n) is 1.28. The Hall–Kier alpha value is -2.11. The summed E-state index contributed by atoms with van der Waals surface area (Å²) in [5.41, 5.74) is 0.398. The Labute approximate surface area is 92.3 Å². The van der Waals surface area contributed by atoms with Gasteiger partial charge in [0.25, 0.3) is 6.20 Å². The van der Waals surface area contributed by atoms with E-state index in [1.165, 1.54) is 0 Å². The van der Waals surface area contributed by atoms with Crippen LogP contribution in [-0.4, -0.2) is 22.1 Å². The first kappa shape index (κ1) is 12.0. The van der Waals surface area contributed by atoms with E-state index in [1.54, 1.807) is 36.9 Å². The maximum Gasteiger partial charge on any atom is 0.346 e. The molecule has 0 saturated carbocycles. The summed E-state index contributed by atoms with van der Waals surface area (Å²) in [4.78, 5) is 21.3. The summed E-state index contributed by atoms with van der Waals surface area (Å²) < 4.78 is 6.38. The minimum absolute atomic E-state index is 0.0562. The Kier molecular flexibility index (Phi) is 3.82. The average Bonchev–Trinajstić information content (AvgIpc) is 2.61. The molecule has 0 saturated heterocycles. The van der Waals surface area contributed by atoms with Crippen molar-refractivity contribution in [2.75, 3.05) is 6.61 Å². The fourth-order valence-corrected chi connectivity index (χ4v) is 1.28. The zero-order valence-electron chi connectivity index (χ0n) is 9.04. The summed E-state index contributed by atoms with van der Waals surface area (Å²) in [6.07, 6.45) is 2.36.